The number of aryl methyl sites for hydroxylation is 2. The Bertz CT molecular complexity index is 1730. The van der Waals surface area contributed by atoms with Crippen molar-refractivity contribution < 1.29 is 24.0 Å². The maximum atomic E-state index is 11.8. The molecule has 0 amide bonds. The molecule has 51 heavy (non-hydrogen) atoms. The van der Waals surface area contributed by atoms with E-state index in [1.807, 2.05) is 12.2 Å². The number of benzene rings is 2. The van der Waals surface area contributed by atoms with Gasteiger partial charge in [-0.1, -0.05) is 90.0 Å². The van der Waals surface area contributed by atoms with Crippen LogP contribution in [0.15, 0.2) is 72.0 Å². The Balaban J connectivity index is 1.87. The lowest BCUT2D eigenvalue weighted by Gasteiger charge is -2.34. The van der Waals surface area contributed by atoms with E-state index < -0.39 is 5.97 Å². The van der Waals surface area contributed by atoms with Crippen LogP contribution in [0.5, 0.6) is 0 Å². The topological polar surface area (TPSA) is 93.6 Å². The van der Waals surface area contributed by atoms with Gasteiger partial charge in [0.15, 0.2) is 12.3 Å². The van der Waals surface area contributed by atoms with Gasteiger partial charge in [0.2, 0.25) is 5.69 Å². The number of hydrogen-bond donors (Lipinski definition) is 1. The van der Waals surface area contributed by atoms with Crippen LogP contribution in [0.3, 0.4) is 0 Å². The summed E-state index contributed by atoms with van der Waals surface area (Å²) in [6.45, 7) is 14.9. The number of nitrogens with zero attached hydrogens (tertiary/aromatic N) is 3. The smallest absolute Gasteiger partial charge is 0.309 e. The first-order valence-corrected chi connectivity index (χ1v) is 19.1. The molecule has 7 nitrogen and oxygen atoms in total. The van der Waals surface area contributed by atoms with Crippen molar-refractivity contribution in [2.24, 2.45) is 0 Å². The van der Waals surface area contributed by atoms with Crippen LogP contribution in [0.4, 0.5) is 11.4 Å². The molecule has 2 unspecified atom stereocenters. The molecule has 2 atom stereocenters. The predicted molar refractivity (Wildman–Crippen MR) is 207 cm³/mol. The number of carbonyl (C=O) groups excluding carboxylic acids is 1. The van der Waals surface area contributed by atoms with E-state index in [-0.39, 0.29) is 23.9 Å². The number of anilines is 1. The fraction of sp³-hybridized carbons (Fsp3) is 0.500. The third-order valence-electron chi connectivity index (χ3n) is 10.9. The van der Waals surface area contributed by atoms with Crippen molar-refractivity contribution >= 4 is 29.5 Å². The van der Waals surface area contributed by atoms with E-state index >= 15 is 0 Å². The lowest BCUT2D eigenvalue weighted by Crippen LogP contribution is -2.33. The normalized spacial score (nSPS) is 20.6. The second kappa shape index (κ2) is 18.2. The van der Waals surface area contributed by atoms with Crippen LogP contribution in [0.25, 0.3) is 0 Å². The van der Waals surface area contributed by atoms with Crippen LogP contribution in [0.1, 0.15) is 121 Å². The summed E-state index contributed by atoms with van der Waals surface area (Å²) < 4.78 is 7.37. The van der Waals surface area contributed by atoms with Crippen LogP contribution < -0.4 is 4.90 Å². The highest BCUT2D eigenvalue weighted by Gasteiger charge is 2.48. The number of nitriles is 1. The van der Waals surface area contributed by atoms with Crippen LogP contribution in [-0.2, 0) is 31.6 Å². The molecule has 272 valence electrons. The maximum Gasteiger partial charge on any atom is 0.309 e. The Morgan fingerprint density at radius 3 is 2.45 bits per heavy atom. The summed E-state index contributed by atoms with van der Waals surface area (Å²) in [5, 5.41) is 20.2. The second-order valence-corrected chi connectivity index (χ2v) is 14.4. The Kier molecular flexibility index (Phi) is 14.0. The van der Waals surface area contributed by atoms with Crippen molar-refractivity contribution in [3.05, 3.63) is 94.2 Å². The van der Waals surface area contributed by atoms with Crippen LogP contribution >= 0.6 is 0 Å². The summed E-state index contributed by atoms with van der Waals surface area (Å²) in [5.74, 6) is -0.832. The van der Waals surface area contributed by atoms with Crippen molar-refractivity contribution in [3.63, 3.8) is 0 Å². The second-order valence-electron chi connectivity index (χ2n) is 14.4. The first kappa shape index (κ1) is 39.3. The van der Waals surface area contributed by atoms with E-state index in [9.17, 15) is 20.0 Å². The van der Waals surface area contributed by atoms with Gasteiger partial charge in [-0.25, -0.2) is 0 Å². The quantitative estimate of drug-likeness (QED) is 0.0488. The van der Waals surface area contributed by atoms with Gasteiger partial charge in [-0.15, -0.1) is 0 Å². The average Bonchev–Trinajstić information content (AvgIpc) is 3.50. The van der Waals surface area contributed by atoms with Gasteiger partial charge >= 0.3 is 5.97 Å². The summed E-state index contributed by atoms with van der Waals surface area (Å²) >= 11 is 0. The fourth-order valence-electron chi connectivity index (χ4n) is 8.26. The van der Waals surface area contributed by atoms with Gasteiger partial charge in [0, 0.05) is 34.5 Å². The molecule has 0 fully saturated rings. The fourth-order valence-corrected chi connectivity index (χ4v) is 8.26. The number of fused-ring (bicyclic) bond motifs is 2. The Labute approximate surface area is 306 Å². The molecule has 0 saturated heterocycles. The van der Waals surface area contributed by atoms with Crippen molar-refractivity contribution in [2.75, 3.05) is 24.6 Å². The molecule has 2 aromatic rings. The highest BCUT2D eigenvalue weighted by atomic mass is 16.5. The number of carboxylic acid groups (broad SMARTS) is 1. The Morgan fingerprint density at radius 2 is 1.78 bits per heavy atom. The van der Waals surface area contributed by atoms with E-state index in [2.05, 4.69) is 106 Å². The number of rotatable bonds is 20. The molecule has 0 bridgehead atoms. The zero-order chi connectivity index (χ0) is 37.0. The number of aliphatic carboxylic acids is 1. The van der Waals surface area contributed by atoms with Gasteiger partial charge < -0.3 is 14.7 Å². The molecule has 0 radical (unpaired) electrons. The lowest BCUT2D eigenvalue weighted by atomic mass is 9.71. The van der Waals surface area contributed by atoms with Gasteiger partial charge in [0.05, 0.1) is 23.6 Å². The minimum Gasteiger partial charge on any atom is -0.481 e. The minimum absolute atomic E-state index is 0.0178. The zero-order valence-corrected chi connectivity index (χ0v) is 31.8. The molecule has 0 saturated carbocycles. The van der Waals surface area contributed by atoms with Crippen molar-refractivity contribution in [2.45, 2.75) is 123 Å². The highest BCUT2D eigenvalue weighted by molar-refractivity contribution is 6.03. The predicted octanol–water partition coefficient (Wildman–Crippen LogP) is 9.78. The van der Waals surface area contributed by atoms with E-state index in [1.54, 1.807) is 0 Å². The first-order valence-electron chi connectivity index (χ1n) is 19.1. The summed E-state index contributed by atoms with van der Waals surface area (Å²) in [6, 6.07) is 15.7. The molecule has 2 aliphatic heterocycles. The lowest BCUT2D eigenvalue weighted by molar-refractivity contribution is -0.436. The highest BCUT2D eigenvalue weighted by Crippen LogP contribution is 2.54. The summed E-state index contributed by atoms with van der Waals surface area (Å²) in [5.41, 5.74) is 9.36. The number of carbonyl (C=O) groups is 2. The van der Waals surface area contributed by atoms with E-state index in [0.717, 1.165) is 87.0 Å². The third kappa shape index (κ3) is 8.55. The number of allylic oxidation sites excluding steroid dienone is 6. The standard InChI is InChI=1S/C44H57N3O4/c1-7-11-13-24-43(6)36-29-33(5)14-18-38(36)46(26-22-42(49)50)40(43)20-16-35(31-45)17-21-41-44(23-9-3,25-12-8-2)37-30-34(10-4)15-19-39(37)47(41)27-28-51-32-48/h14-21,29-30,32H,7-13,22-28H2,1-6H3/p+1. The zero-order valence-electron chi connectivity index (χ0n) is 31.8. The van der Waals surface area contributed by atoms with E-state index in [0.29, 0.717) is 25.1 Å². The average molecular weight is 693 g/mol. The SMILES string of the molecule is CCCCCC1(C)C(/C=C/C(C#N)=C/C=C2/N(CCOC=O)c3ccc(CC)cc3C2(CCC)CCCC)=[N+](CCC(=O)O)c2ccc(C)cc21. The van der Waals surface area contributed by atoms with Gasteiger partial charge in [-0.05, 0) is 81.0 Å². The molecule has 2 aromatic carbocycles. The molecule has 1 N–H and O–H groups in total. The van der Waals surface area contributed by atoms with Gasteiger partial charge in [-0.2, -0.15) is 9.84 Å². The van der Waals surface area contributed by atoms with Crippen LogP contribution in [0.2, 0.25) is 0 Å². The van der Waals surface area contributed by atoms with E-state index in [1.165, 1.54) is 22.3 Å². The number of ether oxygens (including phenoxy) is 1. The van der Waals surface area contributed by atoms with Crippen molar-refractivity contribution in [1.82, 2.24) is 0 Å². The Hall–Kier alpha value is -4.44. The Morgan fingerprint density at radius 1 is 1.00 bits per heavy atom. The van der Waals surface area contributed by atoms with Gasteiger partial charge in [-0.3, -0.25) is 9.59 Å². The number of carboxylic acids is 1. The minimum atomic E-state index is -0.832. The van der Waals surface area contributed by atoms with E-state index in [4.69, 9.17) is 4.74 Å². The summed E-state index contributed by atoms with van der Waals surface area (Å²) in [7, 11) is 0. The molecule has 0 aliphatic carbocycles. The molecule has 7 heteroatoms. The van der Waals surface area contributed by atoms with Crippen LogP contribution in [-0.4, -0.2) is 47.5 Å². The van der Waals surface area contributed by atoms with Crippen LogP contribution in [0, 0.1) is 18.3 Å². The third-order valence-corrected chi connectivity index (χ3v) is 10.9. The maximum absolute atomic E-state index is 11.8. The molecule has 2 aliphatic rings. The largest absolute Gasteiger partial charge is 0.481 e. The number of unbranched alkanes of at least 4 members (excludes halogenated alkanes) is 3. The first-order chi connectivity index (χ1) is 24.6. The molecule has 4 rings (SSSR count). The van der Waals surface area contributed by atoms with Gasteiger partial charge in [0.25, 0.3) is 6.47 Å². The molecular formula is C44H58N3O4+. The summed E-state index contributed by atoms with van der Waals surface area (Å²) in [6.07, 6.45) is 18.3. The monoisotopic (exact) mass is 692 g/mol. The summed E-state index contributed by atoms with van der Waals surface area (Å²) in [4.78, 5) is 25.2. The molecule has 0 spiro atoms. The molecular weight excluding hydrogens is 635 g/mol. The van der Waals surface area contributed by atoms with Gasteiger partial charge in [0.1, 0.15) is 13.0 Å². The molecule has 0 aromatic heterocycles. The van der Waals surface area contributed by atoms with Crippen molar-refractivity contribution in [3.8, 4) is 6.07 Å². The molecule has 2 heterocycles. The van der Waals surface area contributed by atoms with Crippen molar-refractivity contribution in [1.29, 1.82) is 5.26 Å². The number of hydrogen-bond acceptors (Lipinski definition) is 5.